The lowest BCUT2D eigenvalue weighted by atomic mass is 9.97. The van der Waals surface area contributed by atoms with E-state index in [-0.39, 0.29) is 28.6 Å². The molecule has 3 aromatic rings. The van der Waals surface area contributed by atoms with Crippen molar-refractivity contribution >= 4 is 21.7 Å². The molecule has 1 saturated heterocycles. The van der Waals surface area contributed by atoms with E-state index in [9.17, 15) is 13.2 Å². The van der Waals surface area contributed by atoms with Crippen molar-refractivity contribution in [1.82, 2.24) is 19.7 Å². The molecule has 0 radical (unpaired) electrons. The van der Waals surface area contributed by atoms with E-state index in [0.29, 0.717) is 17.4 Å². The van der Waals surface area contributed by atoms with Crippen molar-refractivity contribution in [3.8, 4) is 5.88 Å². The Kier molecular flexibility index (Phi) is 6.75. The van der Waals surface area contributed by atoms with Crippen LogP contribution in [0.2, 0.25) is 0 Å². The first-order valence-electron chi connectivity index (χ1n) is 11.4. The molecule has 9 nitrogen and oxygen atoms in total. The molecule has 1 aliphatic heterocycles. The summed E-state index contributed by atoms with van der Waals surface area (Å²) in [6.07, 6.45) is 2.54. The molecular weight excluding hydrogens is 466 g/mol. The van der Waals surface area contributed by atoms with E-state index in [1.54, 1.807) is 24.4 Å². The summed E-state index contributed by atoms with van der Waals surface area (Å²) in [4.78, 5) is 28.0. The lowest BCUT2D eigenvalue weighted by Gasteiger charge is -2.33. The van der Waals surface area contributed by atoms with Crippen LogP contribution in [0, 0.1) is 12.8 Å². The third-order valence-corrected chi connectivity index (χ3v) is 7.11. The van der Waals surface area contributed by atoms with Crippen molar-refractivity contribution in [3.05, 3.63) is 71.7 Å². The first-order chi connectivity index (χ1) is 16.5. The van der Waals surface area contributed by atoms with E-state index in [1.807, 2.05) is 25.1 Å². The Morgan fingerprint density at radius 1 is 1.14 bits per heavy atom. The average Bonchev–Trinajstić information content (AvgIpc) is 3.09. The SMILES string of the molecule is Cc1cccc(COc2cccc(S(=O)(=O)NC(=O)c3cccnc3N3CC(C)CC3(C)C)n2)n1. The molecule has 1 atom stereocenters. The quantitative estimate of drug-likeness (QED) is 0.530. The van der Waals surface area contributed by atoms with Gasteiger partial charge in [-0.15, -0.1) is 0 Å². The zero-order valence-electron chi connectivity index (χ0n) is 20.2. The molecule has 0 spiro atoms. The van der Waals surface area contributed by atoms with Gasteiger partial charge in [-0.3, -0.25) is 9.78 Å². The Hall–Kier alpha value is -3.53. The van der Waals surface area contributed by atoms with Crippen molar-refractivity contribution < 1.29 is 17.9 Å². The first-order valence-corrected chi connectivity index (χ1v) is 12.9. The summed E-state index contributed by atoms with van der Waals surface area (Å²) in [6, 6.07) is 13.1. The van der Waals surface area contributed by atoms with E-state index in [0.717, 1.165) is 18.7 Å². The van der Waals surface area contributed by atoms with Gasteiger partial charge in [0.2, 0.25) is 5.88 Å². The number of sulfonamides is 1. The number of aromatic nitrogens is 3. The minimum atomic E-state index is -4.25. The zero-order valence-corrected chi connectivity index (χ0v) is 21.0. The Bertz CT molecular complexity index is 1340. The number of aryl methyl sites for hydroxylation is 1. The van der Waals surface area contributed by atoms with Gasteiger partial charge in [0.25, 0.3) is 15.9 Å². The van der Waals surface area contributed by atoms with E-state index in [1.165, 1.54) is 12.1 Å². The molecule has 3 aromatic heterocycles. The van der Waals surface area contributed by atoms with E-state index in [4.69, 9.17) is 4.74 Å². The number of ether oxygens (including phenoxy) is 1. The van der Waals surface area contributed by atoms with Crippen LogP contribution >= 0.6 is 0 Å². The van der Waals surface area contributed by atoms with Crippen LogP contribution in [0.3, 0.4) is 0 Å². The molecule has 4 heterocycles. The Morgan fingerprint density at radius 3 is 2.63 bits per heavy atom. The highest BCUT2D eigenvalue weighted by Crippen LogP contribution is 2.37. The number of rotatable bonds is 7. The minimum Gasteiger partial charge on any atom is -0.471 e. The van der Waals surface area contributed by atoms with Gasteiger partial charge in [-0.05, 0) is 63.4 Å². The molecule has 184 valence electrons. The molecule has 0 saturated carbocycles. The summed E-state index contributed by atoms with van der Waals surface area (Å²) in [6.45, 7) is 9.05. The monoisotopic (exact) mass is 495 g/mol. The van der Waals surface area contributed by atoms with Gasteiger partial charge >= 0.3 is 0 Å². The first kappa shape index (κ1) is 24.6. The number of hydrogen-bond donors (Lipinski definition) is 1. The number of nitrogens with zero attached hydrogens (tertiary/aromatic N) is 4. The largest absolute Gasteiger partial charge is 0.471 e. The number of carbonyl (C=O) groups is 1. The fraction of sp³-hybridized carbons (Fsp3) is 0.360. The van der Waals surface area contributed by atoms with Crippen LogP contribution in [0.15, 0.2) is 59.8 Å². The molecule has 35 heavy (non-hydrogen) atoms. The topological polar surface area (TPSA) is 114 Å². The molecule has 1 amide bonds. The predicted octanol–water partition coefficient (Wildman–Crippen LogP) is 3.50. The molecule has 1 fully saturated rings. The molecular formula is C25H29N5O4S. The zero-order chi connectivity index (χ0) is 25.2. The van der Waals surface area contributed by atoms with Crippen LogP contribution in [0.25, 0.3) is 0 Å². The van der Waals surface area contributed by atoms with Crippen LogP contribution in [0.5, 0.6) is 5.88 Å². The van der Waals surface area contributed by atoms with Crippen molar-refractivity contribution in [2.75, 3.05) is 11.4 Å². The number of carbonyl (C=O) groups excluding carboxylic acids is 1. The number of nitrogens with one attached hydrogen (secondary N) is 1. The minimum absolute atomic E-state index is 0.110. The Balaban J connectivity index is 1.52. The van der Waals surface area contributed by atoms with Gasteiger partial charge in [0, 0.05) is 30.0 Å². The highest BCUT2D eigenvalue weighted by atomic mass is 32.2. The fourth-order valence-corrected chi connectivity index (χ4v) is 5.36. The molecule has 0 aliphatic carbocycles. The van der Waals surface area contributed by atoms with Gasteiger partial charge in [0.1, 0.15) is 12.4 Å². The second-order valence-corrected chi connectivity index (χ2v) is 11.0. The summed E-state index contributed by atoms with van der Waals surface area (Å²) in [7, 11) is -4.25. The normalized spacial score (nSPS) is 17.3. The molecule has 1 N–H and O–H groups in total. The maximum atomic E-state index is 13.1. The van der Waals surface area contributed by atoms with Gasteiger partial charge < -0.3 is 9.64 Å². The van der Waals surface area contributed by atoms with Crippen LogP contribution < -0.4 is 14.4 Å². The summed E-state index contributed by atoms with van der Waals surface area (Å²) in [5.74, 6) is 0.234. The Labute approximate surface area is 205 Å². The highest BCUT2D eigenvalue weighted by Gasteiger charge is 2.39. The van der Waals surface area contributed by atoms with Crippen molar-refractivity contribution in [3.63, 3.8) is 0 Å². The number of hydrogen-bond acceptors (Lipinski definition) is 8. The number of pyridine rings is 3. The summed E-state index contributed by atoms with van der Waals surface area (Å²) < 4.78 is 33.8. The van der Waals surface area contributed by atoms with Crippen LogP contribution in [-0.4, -0.2) is 41.4 Å². The number of amides is 1. The summed E-state index contributed by atoms with van der Waals surface area (Å²) in [5, 5.41) is -0.318. The van der Waals surface area contributed by atoms with Gasteiger partial charge in [0.15, 0.2) is 5.03 Å². The average molecular weight is 496 g/mol. The molecule has 10 heteroatoms. The Morgan fingerprint density at radius 2 is 1.91 bits per heavy atom. The van der Waals surface area contributed by atoms with Crippen molar-refractivity contribution in [1.29, 1.82) is 0 Å². The van der Waals surface area contributed by atoms with Gasteiger partial charge in [-0.2, -0.15) is 13.4 Å². The third kappa shape index (κ3) is 5.59. The summed E-state index contributed by atoms with van der Waals surface area (Å²) in [5.41, 5.74) is 1.52. The van der Waals surface area contributed by atoms with E-state index >= 15 is 0 Å². The third-order valence-electron chi connectivity index (χ3n) is 5.87. The standard InChI is InChI=1S/C25H29N5O4S/c1-17-14-25(3,4)30(15-17)23-20(10-7-13-26-23)24(31)29-35(32,33)22-12-6-11-21(28-22)34-16-19-9-5-8-18(2)27-19/h5-13,17H,14-16H2,1-4H3,(H,29,31). The molecule has 0 aromatic carbocycles. The second kappa shape index (κ2) is 9.61. The van der Waals surface area contributed by atoms with Gasteiger partial charge in [0.05, 0.1) is 11.3 Å². The molecule has 1 aliphatic rings. The smallest absolute Gasteiger partial charge is 0.281 e. The van der Waals surface area contributed by atoms with Crippen molar-refractivity contribution in [2.45, 2.75) is 51.3 Å². The van der Waals surface area contributed by atoms with Crippen LogP contribution in [0.4, 0.5) is 5.82 Å². The molecule has 0 bridgehead atoms. The second-order valence-electron chi connectivity index (χ2n) is 9.41. The maximum Gasteiger partial charge on any atom is 0.281 e. The summed E-state index contributed by atoms with van der Waals surface area (Å²) >= 11 is 0. The van der Waals surface area contributed by atoms with Crippen LogP contribution in [0.1, 0.15) is 48.9 Å². The van der Waals surface area contributed by atoms with Gasteiger partial charge in [-0.25, -0.2) is 9.71 Å². The highest BCUT2D eigenvalue weighted by molar-refractivity contribution is 7.90. The fourth-order valence-electron chi connectivity index (χ4n) is 4.43. The van der Waals surface area contributed by atoms with E-state index in [2.05, 4.69) is 45.3 Å². The van der Waals surface area contributed by atoms with Crippen LogP contribution in [-0.2, 0) is 16.6 Å². The lowest BCUT2D eigenvalue weighted by molar-refractivity contribution is 0.0981. The number of anilines is 1. The molecule has 4 rings (SSSR count). The van der Waals surface area contributed by atoms with Gasteiger partial charge in [-0.1, -0.05) is 19.1 Å². The predicted molar refractivity (Wildman–Crippen MR) is 132 cm³/mol. The lowest BCUT2D eigenvalue weighted by Crippen LogP contribution is -2.41. The molecule has 1 unspecified atom stereocenters. The maximum absolute atomic E-state index is 13.1. The van der Waals surface area contributed by atoms with E-state index < -0.39 is 15.9 Å². The van der Waals surface area contributed by atoms with Crippen molar-refractivity contribution in [2.24, 2.45) is 5.92 Å².